The second kappa shape index (κ2) is 11.1. The van der Waals surface area contributed by atoms with Gasteiger partial charge in [-0.2, -0.15) is 10.5 Å². The van der Waals surface area contributed by atoms with Gasteiger partial charge in [0.1, 0.15) is 35.2 Å². The molecule has 0 atom stereocenters. The molecule has 0 spiro atoms. The highest BCUT2D eigenvalue weighted by Gasteiger charge is 2.21. The van der Waals surface area contributed by atoms with Gasteiger partial charge in [-0.05, 0) is 6.07 Å². The van der Waals surface area contributed by atoms with Crippen molar-refractivity contribution >= 4 is 34.0 Å². The first kappa shape index (κ1) is 23.0. The van der Waals surface area contributed by atoms with Crippen LogP contribution in [0.4, 0.5) is 10.9 Å². The molecule has 9 nitrogen and oxygen atoms in total. The zero-order valence-corrected chi connectivity index (χ0v) is 18.5. The SMILES string of the molecule is C=CCNc1nc(CSc2nc(N)c(C#N)c(-c3ccc(OCCO)nc3)c2C#N)cs1. The van der Waals surface area contributed by atoms with Crippen LogP contribution in [-0.4, -0.2) is 39.8 Å². The zero-order valence-electron chi connectivity index (χ0n) is 16.9. The number of pyridine rings is 2. The third-order valence-electron chi connectivity index (χ3n) is 4.09. The van der Waals surface area contributed by atoms with Crippen LogP contribution in [0.15, 0.2) is 41.4 Å². The Labute approximate surface area is 193 Å². The number of nitriles is 2. The number of ether oxygens (including phenoxy) is 1. The Bertz CT molecular complexity index is 1180. The Hall–Kier alpha value is -3.64. The van der Waals surface area contributed by atoms with Crippen molar-refractivity contribution in [3.8, 4) is 29.1 Å². The van der Waals surface area contributed by atoms with Crippen molar-refractivity contribution < 1.29 is 9.84 Å². The summed E-state index contributed by atoms with van der Waals surface area (Å²) in [5, 5.41) is 34.6. The highest BCUT2D eigenvalue weighted by Crippen LogP contribution is 2.36. The lowest BCUT2D eigenvalue weighted by Crippen LogP contribution is -2.05. The molecule has 0 saturated heterocycles. The highest BCUT2D eigenvalue weighted by atomic mass is 32.2. The quantitative estimate of drug-likeness (QED) is 0.300. The largest absolute Gasteiger partial charge is 0.475 e. The van der Waals surface area contributed by atoms with Crippen LogP contribution in [0, 0.1) is 22.7 Å². The fourth-order valence-electron chi connectivity index (χ4n) is 2.71. The molecule has 32 heavy (non-hydrogen) atoms. The van der Waals surface area contributed by atoms with Crippen molar-refractivity contribution in [2.75, 3.05) is 30.8 Å². The molecule has 11 heteroatoms. The van der Waals surface area contributed by atoms with E-state index in [2.05, 4.69) is 32.9 Å². The maximum atomic E-state index is 9.88. The summed E-state index contributed by atoms with van der Waals surface area (Å²) in [6.45, 7) is 4.27. The molecular weight excluding hydrogens is 446 g/mol. The molecule has 0 unspecified atom stereocenters. The molecule has 0 fully saturated rings. The van der Waals surface area contributed by atoms with E-state index in [1.807, 2.05) is 11.4 Å². The average Bonchev–Trinajstić information content (AvgIpc) is 3.27. The number of hydrogen-bond donors (Lipinski definition) is 3. The number of rotatable bonds is 10. The van der Waals surface area contributed by atoms with Crippen LogP contribution in [0.5, 0.6) is 5.88 Å². The molecule has 0 amide bonds. The van der Waals surface area contributed by atoms with Crippen molar-refractivity contribution in [3.63, 3.8) is 0 Å². The Morgan fingerprint density at radius 2 is 2.09 bits per heavy atom. The minimum absolute atomic E-state index is 0.0382. The first-order valence-electron chi connectivity index (χ1n) is 9.37. The summed E-state index contributed by atoms with van der Waals surface area (Å²) in [4.78, 5) is 13.0. The Kier molecular flexibility index (Phi) is 8.00. The van der Waals surface area contributed by atoms with Crippen molar-refractivity contribution in [3.05, 3.63) is 53.2 Å². The summed E-state index contributed by atoms with van der Waals surface area (Å²) in [5.74, 6) is 0.835. The third-order valence-corrected chi connectivity index (χ3v) is 5.95. The second-order valence-electron chi connectivity index (χ2n) is 6.21. The van der Waals surface area contributed by atoms with E-state index in [0.717, 1.165) is 10.8 Å². The van der Waals surface area contributed by atoms with E-state index < -0.39 is 0 Å². The monoisotopic (exact) mass is 465 g/mol. The molecule has 4 N–H and O–H groups in total. The number of aliphatic hydroxyl groups excluding tert-OH is 1. The van der Waals surface area contributed by atoms with Gasteiger partial charge >= 0.3 is 0 Å². The summed E-state index contributed by atoms with van der Waals surface area (Å²) in [5.41, 5.74) is 8.15. The van der Waals surface area contributed by atoms with Crippen LogP contribution in [0.1, 0.15) is 16.8 Å². The molecule has 0 bridgehead atoms. The zero-order chi connectivity index (χ0) is 22.9. The second-order valence-corrected chi connectivity index (χ2v) is 8.03. The van der Waals surface area contributed by atoms with Gasteiger partial charge in [0.05, 0.1) is 17.9 Å². The molecule has 3 aromatic heterocycles. The van der Waals surface area contributed by atoms with Crippen LogP contribution >= 0.6 is 23.1 Å². The molecule has 3 aromatic rings. The van der Waals surface area contributed by atoms with E-state index in [1.54, 1.807) is 18.2 Å². The van der Waals surface area contributed by atoms with E-state index >= 15 is 0 Å². The van der Waals surface area contributed by atoms with Crippen LogP contribution in [0.25, 0.3) is 11.1 Å². The number of nitrogens with two attached hydrogens (primary N) is 1. The van der Waals surface area contributed by atoms with Crippen LogP contribution in [0.3, 0.4) is 0 Å². The summed E-state index contributed by atoms with van der Waals surface area (Å²) in [7, 11) is 0. The van der Waals surface area contributed by atoms with E-state index in [1.165, 1.54) is 29.3 Å². The number of anilines is 2. The summed E-state index contributed by atoms with van der Waals surface area (Å²) in [6.07, 6.45) is 3.25. The van der Waals surface area contributed by atoms with E-state index in [9.17, 15) is 10.5 Å². The molecule has 162 valence electrons. The Morgan fingerprint density at radius 1 is 1.28 bits per heavy atom. The summed E-state index contributed by atoms with van der Waals surface area (Å²) in [6, 6.07) is 7.49. The molecule has 0 aliphatic rings. The fourth-order valence-corrected chi connectivity index (χ4v) is 4.42. The highest BCUT2D eigenvalue weighted by molar-refractivity contribution is 7.98. The molecule has 3 rings (SSSR count). The van der Waals surface area contributed by atoms with Crippen molar-refractivity contribution in [2.24, 2.45) is 0 Å². The maximum Gasteiger partial charge on any atom is 0.213 e. The van der Waals surface area contributed by atoms with Crippen LogP contribution in [-0.2, 0) is 5.75 Å². The first-order chi connectivity index (χ1) is 15.6. The standard InChI is InChI=1S/C21H19N7O2S2/c1-2-5-25-21-27-14(12-32-21)11-31-20-16(9-23)18(15(8-22)19(24)28-20)13-3-4-17(26-10-13)30-7-6-29/h2-4,10,12,29H,1,5-7,11H2,(H2,24,28)(H,25,27). The minimum atomic E-state index is -0.132. The van der Waals surface area contributed by atoms with E-state index in [0.29, 0.717) is 34.3 Å². The number of thiazole rings is 1. The predicted molar refractivity (Wildman–Crippen MR) is 124 cm³/mol. The molecule has 0 aromatic carbocycles. The summed E-state index contributed by atoms with van der Waals surface area (Å²) >= 11 is 2.80. The van der Waals surface area contributed by atoms with Gasteiger partial charge in [0.25, 0.3) is 0 Å². The van der Waals surface area contributed by atoms with Gasteiger partial charge in [-0.15, -0.1) is 17.9 Å². The van der Waals surface area contributed by atoms with Gasteiger partial charge in [0.2, 0.25) is 5.88 Å². The topological polar surface area (TPSA) is 154 Å². The number of thioether (sulfide) groups is 1. The lowest BCUT2D eigenvalue weighted by atomic mass is 9.98. The number of nitrogen functional groups attached to an aromatic ring is 1. The number of aromatic nitrogens is 3. The lowest BCUT2D eigenvalue weighted by molar-refractivity contribution is 0.196. The smallest absolute Gasteiger partial charge is 0.213 e. The van der Waals surface area contributed by atoms with Crippen LogP contribution < -0.4 is 15.8 Å². The Balaban J connectivity index is 1.92. The van der Waals surface area contributed by atoms with E-state index in [-0.39, 0.29) is 30.2 Å². The molecule has 0 radical (unpaired) electrons. The van der Waals surface area contributed by atoms with Gasteiger partial charge in [0.15, 0.2) is 5.13 Å². The minimum Gasteiger partial charge on any atom is -0.475 e. The van der Waals surface area contributed by atoms with E-state index in [4.69, 9.17) is 15.6 Å². The number of aliphatic hydroxyl groups is 1. The van der Waals surface area contributed by atoms with Gasteiger partial charge in [-0.25, -0.2) is 15.0 Å². The lowest BCUT2D eigenvalue weighted by Gasteiger charge is -2.13. The predicted octanol–water partition coefficient (Wildman–Crippen LogP) is 3.19. The maximum absolute atomic E-state index is 9.88. The number of nitrogens with one attached hydrogen (secondary N) is 1. The molecule has 0 aliphatic heterocycles. The third kappa shape index (κ3) is 5.34. The normalized spacial score (nSPS) is 10.2. The summed E-state index contributed by atoms with van der Waals surface area (Å²) < 4.78 is 5.27. The number of hydrogen-bond acceptors (Lipinski definition) is 11. The molecule has 0 saturated carbocycles. The van der Waals surface area contributed by atoms with Crippen molar-refractivity contribution in [1.82, 2.24) is 15.0 Å². The Morgan fingerprint density at radius 3 is 2.75 bits per heavy atom. The average molecular weight is 466 g/mol. The molecular formula is C21H19N7O2S2. The van der Waals surface area contributed by atoms with Crippen LogP contribution in [0.2, 0.25) is 0 Å². The van der Waals surface area contributed by atoms with Crippen molar-refractivity contribution in [2.45, 2.75) is 10.8 Å². The van der Waals surface area contributed by atoms with Gasteiger partial charge in [0, 0.05) is 41.1 Å². The number of nitrogens with zero attached hydrogens (tertiary/aromatic N) is 5. The molecule has 0 aliphatic carbocycles. The molecule has 3 heterocycles. The van der Waals surface area contributed by atoms with Gasteiger partial charge in [-0.1, -0.05) is 17.8 Å². The van der Waals surface area contributed by atoms with Gasteiger partial charge in [-0.3, -0.25) is 0 Å². The first-order valence-corrected chi connectivity index (χ1v) is 11.2. The van der Waals surface area contributed by atoms with Gasteiger partial charge < -0.3 is 20.9 Å². The fraction of sp³-hybridized carbons (Fsp3) is 0.190. The van der Waals surface area contributed by atoms with Crippen molar-refractivity contribution in [1.29, 1.82) is 10.5 Å².